The van der Waals surface area contributed by atoms with Crippen LogP contribution in [0.15, 0.2) is 22.8 Å². The molecule has 1 rings (SSSR count). The van der Waals surface area contributed by atoms with Crippen LogP contribution in [-0.2, 0) is 20.4 Å². The van der Waals surface area contributed by atoms with Crippen molar-refractivity contribution < 1.29 is 22.7 Å². The molecule has 6 heteroatoms. The van der Waals surface area contributed by atoms with Gasteiger partial charge in [-0.1, -0.05) is 0 Å². The van der Waals surface area contributed by atoms with E-state index in [0.29, 0.717) is 0 Å². The van der Waals surface area contributed by atoms with Gasteiger partial charge in [-0.3, -0.25) is 4.79 Å². The van der Waals surface area contributed by atoms with Gasteiger partial charge in [0.2, 0.25) is 0 Å². The number of carboxylic acid groups (broad SMARTS) is 1. The second-order valence-electron chi connectivity index (χ2n) is 2.87. The zero-order valence-corrected chi connectivity index (χ0v) is 8.32. The number of hydrogen-bond donors (Lipinski definition) is 1. The van der Waals surface area contributed by atoms with Gasteiger partial charge in [-0.2, -0.15) is 0 Å². The third-order valence-corrected chi connectivity index (χ3v) is 3.78. The molecule has 0 saturated heterocycles. The van der Waals surface area contributed by atoms with Crippen LogP contribution in [0, 0.1) is 0 Å². The summed E-state index contributed by atoms with van der Waals surface area (Å²) in [5, 5.41) is 7.13. The zero-order chi connectivity index (χ0) is 10.8. The Morgan fingerprint density at radius 1 is 1.64 bits per heavy atom. The van der Waals surface area contributed by atoms with Gasteiger partial charge in [0.05, 0.1) is 6.26 Å². The second-order valence-corrected chi connectivity index (χ2v) is 5.19. The van der Waals surface area contributed by atoms with Crippen LogP contribution in [0.3, 0.4) is 0 Å². The van der Waals surface area contributed by atoms with Gasteiger partial charge in [0.15, 0.2) is 15.1 Å². The van der Waals surface area contributed by atoms with Crippen LogP contribution in [0.5, 0.6) is 0 Å². The highest BCUT2D eigenvalue weighted by Crippen LogP contribution is 2.11. The molecule has 1 atom stereocenters. The Morgan fingerprint density at radius 3 is 2.71 bits per heavy atom. The van der Waals surface area contributed by atoms with Gasteiger partial charge in [-0.05, 0) is 19.1 Å². The molecule has 0 aromatic carbocycles. The van der Waals surface area contributed by atoms with Gasteiger partial charge in [-0.25, -0.2) is 8.42 Å². The van der Waals surface area contributed by atoms with Crippen LogP contribution in [-0.4, -0.2) is 24.7 Å². The van der Waals surface area contributed by atoms with Crippen molar-refractivity contribution in [1.29, 1.82) is 0 Å². The predicted molar refractivity (Wildman–Crippen MR) is 48.4 cm³/mol. The summed E-state index contributed by atoms with van der Waals surface area (Å²) >= 11 is 0. The number of carbonyl (C=O) groups is 1. The standard InChI is InChI=1S/C8H10O5S/c1-6(8(9)10)14(11,12)5-7-3-2-4-13-7/h2-4,6H,5H2,1H3,(H,9,10). The summed E-state index contributed by atoms with van der Waals surface area (Å²) in [5.41, 5.74) is 0. The van der Waals surface area contributed by atoms with E-state index in [9.17, 15) is 13.2 Å². The monoisotopic (exact) mass is 218 g/mol. The van der Waals surface area contributed by atoms with E-state index in [2.05, 4.69) is 0 Å². The van der Waals surface area contributed by atoms with Crippen molar-refractivity contribution in [2.45, 2.75) is 17.9 Å². The minimum absolute atomic E-state index is 0.248. The van der Waals surface area contributed by atoms with Crippen molar-refractivity contribution in [3.8, 4) is 0 Å². The fourth-order valence-electron chi connectivity index (χ4n) is 0.872. The largest absolute Gasteiger partial charge is 0.480 e. The molecule has 14 heavy (non-hydrogen) atoms. The maximum atomic E-state index is 11.4. The fraction of sp³-hybridized carbons (Fsp3) is 0.375. The van der Waals surface area contributed by atoms with Crippen molar-refractivity contribution in [2.75, 3.05) is 0 Å². The molecule has 1 N–H and O–H groups in total. The van der Waals surface area contributed by atoms with Crippen LogP contribution >= 0.6 is 0 Å². The molecular weight excluding hydrogens is 208 g/mol. The normalized spacial score (nSPS) is 13.8. The fourth-order valence-corrected chi connectivity index (χ4v) is 1.99. The molecule has 0 aliphatic carbocycles. The molecule has 0 spiro atoms. The maximum absolute atomic E-state index is 11.4. The molecule has 1 unspecified atom stereocenters. The van der Waals surface area contributed by atoms with E-state index in [1.807, 2.05) is 0 Å². The number of carboxylic acids is 1. The highest BCUT2D eigenvalue weighted by Gasteiger charge is 2.28. The molecule has 5 nitrogen and oxygen atoms in total. The van der Waals surface area contributed by atoms with E-state index >= 15 is 0 Å². The summed E-state index contributed by atoms with van der Waals surface area (Å²) in [6.45, 7) is 1.14. The second kappa shape index (κ2) is 3.83. The average molecular weight is 218 g/mol. The molecule has 0 saturated carbocycles. The first-order valence-electron chi connectivity index (χ1n) is 3.90. The topological polar surface area (TPSA) is 84.6 Å². The Balaban J connectivity index is 2.83. The Morgan fingerprint density at radius 2 is 2.29 bits per heavy atom. The van der Waals surface area contributed by atoms with Crippen LogP contribution in [0.4, 0.5) is 0 Å². The summed E-state index contributed by atoms with van der Waals surface area (Å²) in [6, 6.07) is 3.04. The number of rotatable bonds is 4. The summed E-state index contributed by atoms with van der Waals surface area (Å²) in [6.07, 6.45) is 1.34. The average Bonchev–Trinajstić information content (AvgIpc) is 2.54. The zero-order valence-electron chi connectivity index (χ0n) is 7.50. The summed E-state index contributed by atoms with van der Waals surface area (Å²) in [4.78, 5) is 10.5. The van der Waals surface area contributed by atoms with E-state index in [-0.39, 0.29) is 11.5 Å². The van der Waals surface area contributed by atoms with E-state index < -0.39 is 21.1 Å². The molecule has 0 bridgehead atoms. The number of furan rings is 1. The van der Waals surface area contributed by atoms with Gasteiger partial charge in [0.25, 0.3) is 0 Å². The van der Waals surface area contributed by atoms with Crippen molar-refractivity contribution in [1.82, 2.24) is 0 Å². The predicted octanol–water partition coefficient (Wildman–Crippen LogP) is 0.667. The van der Waals surface area contributed by atoms with Gasteiger partial charge >= 0.3 is 5.97 Å². The number of aliphatic carboxylic acids is 1. The summed E-state index contributed by atoms with van der Waals surface area (Å²) in [7, 11) is -3.68. The Labute approximate surface area is 81.3 Å². The molecule has 0 fully saturated rings. The van der Waals surface area contributed by atoms with Gasteiger partial charge in [0.1, 0.15) is 11.5 Å². The highest BCUT2D eigenvalue weighted by molar-refractivity contribution is 7.91. The minimum atomic E-state index is -3.68. The highest BCUT2D eigenvalue weighted by atomic mass is 32.2. The molecule has 0 aliphatic heterocycles. The summed E-state index contributed by atoms with van der Waals surface area (Å²) in [5.74, 6) is -1.48. The van der Waals surface area contributed by atoms with Crippen LogP contribution < -0.4 is 0 Å². The molecule has 78 valence electrons. The van der Waals surface area contributed by atoms with Crippen LogP contribution in [0.25, 0.3) is 0 Å². The number of sulfone groups is 1. The van der Waals surface area contributed by atoms with E-state index in [1.54, 1.807) is 6.07 Å². The van der Waals surface area contributed by atoms with E-state index in [0.717, 1.165) is 6.92 Å². The minimum Gasteiger partial charge on any atom is -0.480 e. The first-order chi connectivity index (χ1) is 6.43. The van der Waals surface area contributed by atoms with Gasteiger partial charge in [0, 0.05) is 0 Å². The lowest BCUT2D eigenvalue weighted by atomic mass is 10.5. The smallest absolute Gasteiger partial charge is 0.321 e. The first-order valence-corrected chi connectivity index (χ1v) is 5.62. The lowest BCUT2D eigenvalue weighted by Crippen LogP contribution is -2.27. The van der Waals surface area contributed by atoms with Crippen LogP contribution in [0.1, 0.15) is 12.7 Å². The Kier molecular flexibility index (Phi) is 2.95. The Bertz CT molecular complexity index is 403. The maximum Gasteiger partial charge on any atom is 0.321 e. The van der Waals surface area contributed by atoms with Crippen molar-refractivity contribution >= 4 is 15.8 Å². The number of hydrogen-bond acceptors (Lipinski definition) is 4. The third kappa shape index (κ3) is 2.35. The van der Waals surface area contributed by atoms with Crippen LogP contribution in [0.2, 0.25) is 0 Å². The SMILES string of the molecule is CC(C(=O)O)S(=O)(=O)Cc1ccco1. The molecule has 0 radical (unpaired) electrons. The van der Waals surface area contributed by atoms with Crippen molar-refractivity contribution in [3.63, 3.8) is 0 Å². The lowest BCUT2D eigenvalue weighted by Gasteiger charge is -2.05. The third-order valence-electron chi connectivity index (χ3n) is 1.81. The summed E-state index contributed by atoms with van der Waals surface area (Å²) < 4.78 is 27.6. The van der Waals surface area contributed by atoms with E-state index in [4.69, 9.17) is 9.52 Å². The van der Waals surface area contributed by atoms with Gasteiger partial charge in [-0.15, -0.1) is 0 Å². The Hall–Kier alpha value is -1.30. The molecule has 0 amide bonds. The van der Waals surface area contributed by atoms with Gasteiger partial charge < -0.3 is 9.52 Å². The molecule has 0 aliphatic rings. The quantitative estimate of drug-likeness (QED) is 0.802. The molecule has 1 aromatic rings. The molecule has 1 aromatic heterocycles. The van der Waals surface area contributed by atoms with Crippen molar-refractivity contribution in [2.24, 2.45) is 0 Å². The van der Waals surface area contributed by atoms with Crippen molar-refractivity contribution in [3.05, 3.63) is 24.2 Å². The molecular formula is C8H10O5S. The first kappa shape index (κ1) is 10.8. The molecule has 1 heterocycles. The lowest BCUT2D eigenvalue weighted by molar-refractivity contribution is -0.136. The van der Waals surface area contributed by atoms with E-state index in [1.165, 1.54) is 12.3 Å².